The van der Waals surface area contributed by atoms with Gasteiger partial charge in [-0.25, -0.2) is 4.98 Å². The summed E-state index contributed by atoms with van der Waals surface area (Å²) in [7, 11) is 0. The SMILES string of the molecule is Cc1nccn1-c1ccc(CNC(=O)C2CCCN(Cc3nc(-c4cccc(Cl)c4)no3)C2)cc1. The molecule has 8 nitrogen and oxygen atoms in total. The molecule has 5 rings (SSSR count). The molecule has 0 saturated carbocycles. The summed E-state index contributed by atoms with van der Waals surface area (Å²) >= 11 is 6.07. The van der Waals surface area contributed by atoms with Gasteiger partial charge in [0, 0.05) is 41.8 Å². The Hall–Kier alpha value is -3.49. The molecule has 2 aromatic carbocycles. The Bertz CT molecular complexity index is 1300. The summed E-state index contributed by atoms with van der Waals surface area (Å²) < 4.78 is 7.48. The predicted octanol–water partition coefficient (Wildman–Crippen LogP) is 4.41. The number of aromatic nitrogens is 4. The summed E-state index contributed by atoms with van der Waals surface area (Å²) in [5, 5.41) is 7.81. The van der Waals surface area contributed by atoms with Gasteiger partial charge in [-0.15, -0.1) is 0 Å². The standard InChI is InChI=1S/C26H27ClN6O2/c1-18-28-11-13-33(18)23-9-7-19(8-10-23)15-29-26(34)21-5-3-12-32(16-21)17-24-30-25(31-35-24)20-4-2-6-22(27)14-20/h2,4,6-11,13-14,21H,3,5,12,15-17H2,1H3,(H,29,34). The van der Waals surface area contributed by atoms with Crippen molar-refractivity contribution in [3.8, 4) is 17.1 Å². The van der Waals surface area contributed by atoms with Gasteiger partial charge in [0.2, 0.25) is 17.6 Å². The molecule has 4 aromatic rings. The van der Waals surface area contributed by atoms with E-state index in [1.165, 1.54) is 0 Å². The maximum absolute atomic E-state index is 12.9. The highest BCUT2D eigenvalue weighted by Gasteiger charge is 2.26. The fourth-order valence-corrected chi connectivity index (χ4v) is 4.62. The molecule has 0 radical (unpaired) electrons. The van der Waals surface area contributed by atoms with E-state index >= 15 is 0 Å². The molecule has 1 N–H and O–H groups in total. The Morgan fingerprint density at radius 2 is 2.09 bits per heavy atom. The zero-order valence-corrected chi connectivity index (χ0v) is 20.3. The van der Waals surface area contributed by atoms with Crippen LogP contribution in [0.25, 0.3) is 17.1 Å². The van der Waals surface area contributed by atoms with Gasteiger partial charge >= 0.3 is 0 Å². The number of rotatable bonds is 7. The quantitative estimate of drug-likeness (QED) is 0.412. The van der Waals surface area contributed by atoms with Crippen LogP contribution < -0.4 is 5.32 Å². The van der Waals surface area contributed by atoms with Crippen LogP contribution in [0.5, 0.6) is 0 Å². The van der Waals surface area contributed by atoms with Crippen molar-refractivity contribution in [2.24, 2.45) is 5.92 Å². The Balaban J connectivity index is 1.14. The number of hydrogen-bond acceptors (Lipinski definition) is 6. The van der Waals surface area contributed by atoms with Crippen molar-refractivity contribution in [3.63, 3.8) is 0 Å². The first-order valence-corrected chi connectivity index (χ1v) is 12.1. The first kappa shape index (κ1) is 23.3. The lowest BCUT2D eigenvalue weighted by molar-refractivity contribution is -0.127. The van der Waals surface area contributed by atoms with Crippen LogP contribution >= 0.6 is 11.6 Å². The maximum Gasteiger partial charge on any atom is 0.241 e. The Labute approximate surface area is 208 Å². The first-order valence-electron chi connectivity index (χ1n) is 11.7. The second-order valence-corrected chi connectivity index (χ2v) is 9.26. The average Bonchev–Trinajstić information content (AvgIpc) is 3.52. The Morgan fingerprint density at radius 3 is 2.86 bits per heavy atom. The molecule has 1 unspecified atom stereocenters. The number of likely N-dealkylation sites (tertiary alicyclic amines) is 1. The molecule has 0 aliphatic carbocycles. The van der Waals surface area contributed by atoms with Gasteiger partial charge in [-0.05, 0) is 56.1 Å². The monoisotopic (exact) mass is 490 g/mol. The molecule has 0 bridgehead atoms. The minimum atomic E-state index is -0.0630. The van der Waals surface area contributed by atoms with Crippen LogP contribution in [0, 0.1) is 12.8 Å². The number of benzene rings is 2. The molecule has 1 aliphatic heterocycles. The van der Waals surface area contributed by atoms with Crippen molar-refractivity contribution < 1.29 is 9.32 Å². The smallest absolute Gasteiger partial charge is 0.241 e. The van der Waals surface area contributed by atoms with Crippen LogP contribution in [-0.4, -0.2) is 43.6 Å². The Morgan fingerprint density at radius 1 is 1.23 bits per heavy atom. The number of nitrogens with zero attached hydrogens (tertiary/aromatic N) is 5. The molecule has 1 aliphatic rings. The van der Waals surface area contributed by atoms with Crippen molar-refractivity contribution in [3.05, 3.63) is 83.2 Å². The van der Waals surface area contributed by atoms with E-state index in [-0.39, 0.29) is 11.8 Å². The lowest BCUT2D eigenvalue weighted by Crippen LogP contribution is -2.42. The average molecular weight is 491 g/mol. The molecule has 1 saturated heterocycles. The summed E-state index contributed by atoms with van der Waals surface area (Å²) in [6.07, 6.45) is 5.55. The lowest BCUT2D eigenvalue weighted by Gasteiger charge is -2.30. The van der Waals surface area contributed by atoms with E-state index in [9.17, 15) is 4.79 Å². The molecular weight excluding hydrogens is 464 g/mol. The minimum Gasteiger partial charge on any atom is -0.352 e. The van der Waals surface area contributed by atoms with Crippen LogP contribution in [0.1, 0.15) is 30.1 Å². The second-order valence-electron chi connectivity index (χ2n) is 8.83. The summed E-state index contributed by atoms with van der Waals surface area (Å²) in [4.78, 5) is 23.8. The summed E-state index contributed by atoms with van der Waals surface area (Å²) in [5.41, 5.74) is 2.93. The largest absolute Gasteiger partial charge is 0.352 e. The predicted molar refractivity (Wildman–Crippen MR) is 133 cm³/mol. The molecule has 0 spiro atoms. The van der Waals surface area contributed by atoms with Crippen LogP contribution in [0.4, 0.5) is 0 Å². The number of imidazole rings is 1. The van der Waals surface area contributed by atoms with Gasteiger partial charge in [0.05, 0.1) is 12.5 Å². The van der Waals surface area contributed by atoms with Gasteiger partial charge in [-0.3, -0.25) is 9.69 Å². The number of carbonyl (C=O) groups excluding carboxylic acids is 1. The van der Waals surface area contributed by atoms with Crippen molar-refractivity contribution in [1.29, 1.82) is 0 Å². The van der Waals surface area contributed by atoms with Crippen molar-refractivity contribution in [1.82, 2.24) is 29.9 Å². The number of carbonyl (C=O) groups is 1. The van der Waals surface area contributed by atoms with Gasteiger partial charge in [0.25, 0.3) is 0 Å². The fraction of sp³-hybridized carbons (Fsp3) is 0.308. The minimum absolute atomic E-state index is 0.0630. The Kier molecular flexibility index (Phi) is 6.92. The van der Waals surface area contributed by atoms with Gasteiger partial charge in [0.15, 0.2) is 0 Å². The topological polar surface area (TPSA) is 89.1 Å². The van der Waals surface area contributed by atoms with Crippen LogP contribution in [0.15, 0.2) is 65.4 Å². The first-order chi connectivity index (χ1) is 17.0. The van der Waals surface area contributed by atoms with E-state index in [0.29, 0.717) is 36.4 Å². The highest BCUT2D eigenvalue weighted by atomic mass is 35.5. The molecule has 1 fully saturated rings. The van der Waals surface area contributed by atoms with Crippen molar-refractivity contribution in [2.45, 2.75) is 32.9 Å². The summed E-state index contributed by atoms with van der Waals surface area (Å²) in [6, 6.07) is 15.5. The highest BCUT2D eigenvalue weighted by Crippen LogP contribution is 2.22. The van der Waals surface area contributed by atoms with E-state index in [4.69, 9.17) is 16.1 Å². The second kappa shape index (κ2) is 10.4. The third-order valence-electron chi connectivity index (χ3n) is 6.29. The van der Waals surface area contributed by atoms with E-state index in [1.807, 2.05) is 66.2 Å². The van der Waals surface area contributed by atoms with Crippen molar-refractivity contribution in [2.75, 3.05) is 13.1 Å². The number of amides is 1. The number of aryl methyl sites for hydroxylation is 1. The summed E-state index contributed by atoms with van der Waals surface area (Å²) in [5.74, 6) is 2.01. The van der Waals surface area contributed by atoms with Crippen LogP contribution in [0.3, 0.4) is 0 Å². The number of piperidine rings is 1. The number of halogens is 1. The van der Waals surface area contributed by atoms with E-state index in [0.717, 1.165) is 42.0 Å². The molecule has 35 heavy (non-hydrogen) atoms. The van der Waals surface area contributed by atoms with Gasteiger partial charge in [-0.1, -0.05) is 41.0 Å². The van der Waals surface area contributed by atoms with Gasteiger partial charge in [0.1, 0.15) is 5.82 Å². The number of hydrogen-bond donors (Lipinski definition) is 1. The molecule has 2 aromatic heterocycles. The van der Waals surface area contributed by atoms with E-state index in [1.54, 1.807) is 6.20 Å². The van der Waals surface area contributed by atoms with Crippen molar-refractivity contribution >= 4 is 17.5 Å². The molecule has 1 atom stereocenters. The maximum atomic E-state index is 12.9. The third kappa shape index (κ3) is 5.61. The fourth-order valence-electron chi connectivity index (χ4n) is 4.43. The highest BCUT2D eigenvalue weighted by molar-refractivity contribution is 6.30. The molecule has 1 amide bonds. The van der Waals surface area contributed by atoms with Gasteiger partial charge < -0.3 is 14.4 Å². The zero-order chi connectivity index (χ0) is 24.2. The third-order valence-corrected chi connectivity index (χ3v) is 6.53. The summed E-state index contributed by atoms with van der Waals surface area (Å²) in [6.45, 7) is 4.56. The normalized spacial score (nSPS) is 16.3. The van der Waals surface area contributed by atoms with E-state index in [2.05, 4.69) is 25.3 Å². The van der Waals surface area contributed by atoms with Gasteiger partial charge in [-0.2, -0.15) is 4.98 Å². The van der Waals surface area contributed by atoms with E-state index < -0.39 is 0 Å². The molecular formula is C26H27ClN6O2. The zero-order valence-electron chi connectivity index (χ0n) is 19.5. The molecule has 180 valence electrons. The molecule has 9 heteroatoms. The van der Waals surface area contributed by atoms with Crippen LogP contribution in [-0.2, 0) is 17.9 Å². The number of nitrogens with one attached hydrogen (secondary N) is 1. The molecule has 3 heterocycles. The lowest BCUT2D eigenvalue weighted by atomic mass is 9.97. The van der Waals surface area contributed by atoms with Crippen LogP contribution in [0.2, 0.25) is 5.02 Å².